The number of urea groups is 1. The maximum Gasteiger partial charge on any atom is 0.332 e. The number of amides is 2. The van der Waals surface area contributed by atoms with Crippen molar-refractivity contribution in [2.45, 2.75) is 18.5 Å². The van der Waals surface area contributed by atoms with Crippen LogP contribution in [0.4, 0.5) is 4.79 Å². The Morgan fingerprint density at radius 2 is 2.10 bits per heavy atom. The van der Waals surface area contributed by atoms with E-state index in [9.17, 15) is 14.7 Å². The van der Waals surface area contributed by atoms with Crippen LogP contribution in [-0.2, 0) is 16.1 Å². The SMILES string of the molecule is N#Cc1ccc(CNC(=O)NC2(C(=O)O)CCOC2)cc1. The van der Waals surface area contributed by atoms with Crippen molar-refractivity contribution in [2.75, 3.05) is 13.2 Å². The van der Waals surface area contributed by atoms with Gasteiger partial charge >= 0.3 is 12.0 Å². The Balaban J connectivity index is 1.89. The first-order valence-electron chi connectivity index (χ1n) is 6.42. The largest absolute Gasteiger partial charge is 0.479 e. The highest BCUT2D eigenvalue weighted by molar-refractivity contribution is 5.86. The van der Waals surface area contributed by atoms with Gasteiger partial charge in [0, 0.05) is 19.6 Å². The van der Waals surface area contributed by atoms with Gasteiger partial charge in [-0.2, -0.15) is 5.26 Å². The molecular formula is C14H15N3O4. The number of carbonyl (C=O) groups is 2. The van der Waals surface area contributed by atoms with Crippen LogP contribution in [0.5, 0.6) is 0 Å². The molecule has 0 spiro atoms. The summed E-state index contributed by atoms with van der Waals surface area (Å²) in [6.07, 6.45) is 0.243. The van der Waals surface area contributed by atoms with Gasteiger partial charge in [-0.05, 0) is 17.7 Å². The van der Waals surface area contributed by atoms with E-state index in [0.29, 0.717) is 12.2 Å². The number of rotatable bonds is 4. The average molecular weight is 289 g/mol. The zero-order valence-electron chi connectivity index (χ0n) is 11.3. The number of ether oxygens (including phenoxy) is 1. The lowest BCUT2D eigenvalue weighted by Gasteiger charge is -2.23. The first kappa shape index (κ1) is 14.8. The number of nitriles is 1. The highest BCUT2D eigenvalue weighted by Crippen LogP contribution is 2.18. The number of nitrogens with zero attached hydrogens (tertiary/aromatic N) is 1. The Hall–Kier alpha value is -2.59. The predicted octanol–water partition coefficient (Wildman–Crippen LogP) is 0.601. The van der Waals surface area contributed by atoms with Gasteiger partial charge in [0.2, 0.25) is 0 Å². The molecule has 1 unspecified atom stereocenters. The Kier molecular flexibility index (Phi) is 4.40. The molecule has 1 saturated heterocycles. The van der Waals surface area contributed by atoms with Gasteiger partial charge in [-0.1, -0.05) is 12.1 Å². The smallest absolute Gasteiger partial charge is 0.332 e. The molecule has 7 nitrogen and oxygen atoms in total. The van der Waals surface area contributed by atoms with E-state index < -0.39 is 17.5 Å². The van der Waals surface area contributed by atoms with E-state index >= 15 is 0 Å². The number of hydrogen-bond donors (Lipinski definition) is 3. The van der Waals surface area contributed by atoms with Crippen molar-refractivity contribution in [3.63, 3.8) is 0 Å². The van der Waals surface area contributed by atoms with E-state index in [2.05, 4.69) is 10.6 Å². The van der Waals surface area contributed by atoms with Crippen molar-refractivity contribution in [1.29, 1.82) is 5.26 Å². The van der Waals surface area contributed by atoms with Crippen LogP contribution in [0.1, 0.15) is 17.5 Å². The maximum absolute atomic E-state index is 11.8. The molecule has 1 aliphatic heterocycles. The van der Waals surface area contributed by atoms with Crippen molar-refractivity contribution in [2.24, 2.45) is 0 Å². The topological polar surface area (TPSA) is 111 Å². The second kappa shape index (κ2) is 6.24. The summed E-state index contributed by atoms with van der Waals surface area (Å²) >= 11 is 0. The van der Waals surface area contributed by atoms with Crippen LogP contribution in [0.3, 0.4) is 0 Å². The normalized spacial score (nSPS) is 20.5. The van der Waals surface area contributed by atoms with Crippen molar-refractivity contribution >= 4 is 12.0 Å². The predicted molar refractivity (Wildman–Crippen MR) is 72.3 cm³/mol. The van der Waals surface area contributed by atoms with E-state index in [-0.39, 0.29) is 19.6 Å². The lowest BCUT2D eigenvalue weighted by atomic mass is 9.99. The molecule has 1 aromatic carbocycles. The van der Waals surface area contributed by atoms with Gasteiger partial charge in [0.15, 0.2) is 5.54 Å². The summed E-state index contributed by atoms with van der Waals surface area (Å²) in [6, 6.07) is 8.20. The Bertz CT molecular complexity index is 571. The van der Waals surface area contributed by atoms with Gasteiger partial charge in [0.25, 0.3) is 0 Å². The number of carbonyl (C=O) groups excluding carboxylic acids is 1. The molecule has 0 aromatic heterocycles. The number of nitrogens with one attached hydrogen (secondary N) is 2. The first-order chi connectivity index (χ1) is 10.1. The number of carboxylic acid groups (broad SMARTS) is 1. The van der Waals surface area contributed by atoms with Gasteiger partial charge in [-0.3, -0.25) is 0 Å². The minimum atomic E-state index is -1.35. The van der Waals surface area contributed by atoms with Gasteiger partial charge in [-0.15, -0.1) is 0 Å². The lowest BCUT2D eigenvalue weighted by molar-refractivity contribution is -0.144. The monoisotopic (exact) mass is 289 g/mol. The van der Waals surface area contributed by atoms with E-state index in [0.717, 1.165) is 5.56 Å². The molecule has 3 N–H and O–H groups in total. The Labute approximate surface area is 121 Å². The summed E-state index contributed by atoms with van der Waals surface area (Å²) in [5.74, 6) is -1.10. The highest BCUT2D eigenvalue weighted by Gasteiger charge is 2.43. The van der Waals surface area contributed by atoms with Crippen molar-refractivity contribution in [3.8, 4) is 6.07 Å². The van der Waals surface area contributed by atoms with Crippen LogP contribution in [0.2, 0.25) is 0 Å². The van der Waals surface area contributed by atoms with Gasteiger partial charge in [-0.25, -0.2) is 9.59 Å². The van der Waals surface area contributed by atoms with E-state index in [4.69, 9.17) is 10.00 Å². The molecule has 0 aliphatic carbocycles. The molecule has 7 heteroatoms. The molecule has 1 aliphatic rings. The fraction of sp³-hybridized carbons (Fsp3) is 0.357. The van der Waals surface area contributed by atoms with Crippen molar-refractivity contribution in [3.05, 3.63) is 35.4 Å². The van der Waals surface area contributed by atoms with Gasteiger partial charge in [0.05, 0.1) is 18.2 Å². The molecule has 21 heavy (non-hydrogen) atoms. The first-order valence-corrected chi connectivity index (χ1v) is 6.42. The van der Waals surface area contributed by atoms with E-state index in [1.807, 2.05) is 6.07 Å². The molecule has 1 fully saturated rings. The summed E-state index contributed by atoms with van der Waals surface area (Å²) < 4.78 is 5.06. The quantitative estimate of drug-likeness (QED) is 0.751. The fourth-order valence-electron chi connectivity index (χ4n) is 2.03. The van der Waals surface area contributed by atoms with Crippen LogP contribution in [0, 0.1) is 11.3 Å². The minimum absolute atomic E-state index is 0.0351. The second-order valence-corrected chi connectivity index (χ2v) is 4.81. The Morgan fingerprint density at radius 3 is 2.62 bits per heavy atom. The zero-order chi connectivity index (χ0) is 15.3. The molecule has 1 heterocycles. The van der Waals surface area contributed by atoms with Crippen LogP contribution >= 0.6 is 0 Å². The summed E-state index contributed by atoms with van der Waals surface area (Å²) in [5, 5.41) is 22.9. The molecule has 2 amide bonds. The van der Waals surface area contributed by atoms with Crippen molar-refractivity contribution < 1.29 is 19.4 Å². The molecule has 110 valence electrons. The number of hydrogen-bond acceptors (Lipinski definition) is 4. The standard InChI is InChI=1S/C14H15N3O4/c15-7-10-1-3-11(4-2-10)8-16-13(20)17-14(12(18)19)5-6-21-9-14/h1-4H,5-6,8-9H2,(H,18,19)(H2,16,17,20). The minimum Gasteiger partial charge on any atom is -0.479 e. The van der Waals surface area contributed by atoms with Gasteiger partial charge in [0.1, 0.15) is 0 Å². The summed E-state index contributed by atoms with van der Waals surface area (Å²) in [6.45, 7) is 0.517. The third kappa shape index (κ3) is 3.49. The van der Waals surface area contributed by atoms with Crippen LogP contribution in [0.15, 0.2) is 24.3 Å². The third-order valence-corrected chi connectivity index (χ3v) is 3.32. The van der Waals surface area contributed by atoms with Crippen LogP contribution in [-0.4, -0.2) is 35.9 Å². The highest BCUT2D eigenvalue weighted by atomic mass is 16.5. The maximum atomic E-state index is 11.8. The average Bonchev–Trinajstić information content (AvgIpc) is 2.95. The lowest BCUT2D eigenvalue weighted by Crippen LogP contribution is -2.57. The molecule has 0 saturated carbocycles. The number of carboxylic acids is 1. The number of benzene rings is 1. The van der Waals surface area contributed by atoms with Crippen LogP contribution in [0.25, 0.3) is 0 Å². The number of aliphatic carboxylic acids is 1. The van der Waals surface area contributed by atoms with E-state index in [1.54, 1.807) is 24.3 Å². The van der Waals surface area contributed by atoms with Crippen molar-refractivity contribution in [1.82, 2.24) is 10.6 Å². The second-order valence-electron chi connectivity index (χ2n) is 4.81. The molecule has 0 bridgehead atoms. The zero-order valence-corrected chi connectivity index (χ0v) is 11.3. The van der Waals surface area contributed by atoms with E-state index in [1.165, 1.54) is 0 Å². The molecular weight excluding hydrogens is 274 g/mol. The molecule has 0 radical (unpaired) electrons. The molecule has 1 atom stereocenters. The summed E-state index contributed by atoms with van der Waals surface area (Å²) in [5.41, 5.74) is 0.00158. The van der Waals surface area contributed by atoms with Gasteiger partial charge < -0.3 is 20.5 Å². The summed E-state index contributed by atoms with van der Waals surface area (Å²) in [7, 11) is 0. The molecule has 1 aromatic rings. The third-order valence-electron chi connectivity index (χ3n) is 3.32. The van der Waals surface area contributed by atoms with Crippen LogP contribution < -0.4 is 10.6 Å². The molecule has 2 rings (SSSR count). The summed E-state index contributed by atoms with van der Waals surface area (Å²) in [4.78, 5) is 23.1. The fourth-order valence-corrected chi connectivity index (χ4v) is 2.03. The Morgan fingerprint density at radius 1 is 1.38 bits per heavy atom.